The minimum Gasteiger partial charge on any atom is -0.497 e. The molecule has 0 saturated carbocycles. The quantitative estimate of drug-likeness (QED) is 0.591. The molecule has 3 aromatic carbocycles. The summed E-state index contributed by atoms with van der Waals surface area (Å²) in [5, 5.41) is 0. The van der Waals surface area contributed by atoms with Gasteiger partial charge in [-0.2, -0.15) is 0 Å². The summed E-state index contributed by atoms with van der Waals surface area (Å²) in [6.07, 6.45) is 1.09. The first kappa shape index (κ1) is 20.9. The van der Waals surface area contributed by atoms with E-state index in [2.05, 4.69) is 0 Å². The maximum absolute atomic E-state index is 13.3. The van der Waals surface area contributed by atoms with Crippen LogP contribution in [0.4, 0.5) is 0 Å². The molecule has 29 heavy (non-hydrogen) atoms. The Morgan fingerprint density at radius 3 is 1.97 bits per heavy atom. The molecule has 0 N–H and O–H groups in total. The summed E-state index contributed by atoms with van der Waals surface area (Å²) in [5.74, 6) is 0.772. The summed E-state index contributed by atoms with van der Waals surface area (Å²) in [5.41, 5.74) is 0.624. The van der Waals surface area contributed by atoms with E-state index < -0.39 is 19.7 Å². The predicted octanol–water partition coefficient (Wildman–Crippen LogP) is 3.61. The second-order valence-corrected chi connectivity index (χ2v) is 10.2. The smallest absolute Gasteiger partial charge is 0.207 e. The normalized spacial score (nSPS) is 11.8. The van der Waals surface area contributed by atoms with Crippen molar-refractivity contribution < 1.29 is 26.3 Å². The predicted molar refractivity (Wildman–Crippen MR) is 110 cm³/mol. The van der Waals surface area contributed by atoms with Crippen molar-refractivity contribution >= 4 is 19.7 Å². The second-order valence-electron chi connectivity index (χ2n) is 6.31. The maximum Gasteiger partial charge on any atom is 0.207 e. The average Bonchev–Trinajstić information content (AvgIpc) is 2.72. The Morgan fingerprint density at radius 1 is 0.690 bits per heavy atom. The van der Waals surface area contributed by atoms with Crippen LogP contribution in [0.25, 0.3) is 11.1 Å². The van der Waals surface area contributed by atoms with Gasteiger partial charge in [-0.05, 0) is 48.5 Å². The summed E-state index contributed by atoms with van der Waals surface area (Å²) >= 11 is 0. The summed E-state index contributed by atoms with van der Waals surface area (Å²) in [6.45, 7) is 0. The standard InChI is InChI=1S/C21H20O6S2/c1-26-15-9-12-21(29(24,25)16-7-5-4-6-8-16)19(13-15)18-14-17(28(3,22)23)10-11-20(18)27-2/h4-14H,1-3H3. The lowest BCUT2D eigenvalue weighted by atomic mass is 10.0. The highest BCUT2D eigenvalue weighted by Gasteiger charge is 2.25. The van der Waals surface area contributed by atoms with Crippen LogP contribution in [0.2, 0.25) is 0 Å². The van der Waals surface area contributed by atoms with Crippen molar-refractivity contribution in [3.8, 4) is 22.6 Å². The van der Waals surface area contributed by atoms with Crippen LogP contribution in [-0.4, -0.2) is 37.3 Å². The minimum absolute atomic E-state index is 0.0217. The van der Waals surface area contributed by atoms with Gasteiger partial charge in [0.2, 0.25) is 9.84 Å². The zero-order chi connectivity index (χ0) is 21.2. The molecule has 0 unspecified atom stereocenters. The lowest BCUT2D eigenvalue weighted by Crippen LogP contribution is -2.05. The van der Waals surface area contributed by atoms with Crippen LogP contribution in [0.1, 0.15) is 0 Å². The second kappa shape index (κ2) is 7.88. The van der Waals surface area contributed by atoms with E-state index in [-0.39, 0.29) is 20.2 Å². The van der Waals surface area contributed by atoms with E-state index >= 15 is 0 Å². The van der Waals surface area contributed by atoms with Crippen LogP contribution in [-0.2, 0) is 19.7 Å². The van der Waals surface area contributed by atoms with Gasteiger partial charge in [0.05, 0.1) is 28.9 Å². The molecule has 3 rings (SSSR count). The Kier molecular flexibility index (Phi) is 5.68. The Hall–Kier alpha value is -2.84. The molecule has 0 aromatic heterocycles. The molecular weight excluding hydrogens is 412 g/mol. The molecular formula is C21H20O6S2. The molecule has 0 aliphatic rings. The van der Waals surface area contributed by atoms with Crippen molar-refractivity contribution in [2.24, 2.45) is 0 Å². The van der Waals surface area contributed by atoms with Crippen molar-refractivity contribution in [2.45, 2.75) is 14.7 Å². The number of rotatable bonds is 6. The lowest BCUT2D eigenvalue weighted by Gasteiger charge is -2.16. The number of methoxy groups -OCH3 is 2. The van der Waals surface area contributed by atoms with E-state index in [1.807, 2.05) is 0 Å². The molecule has 0 aliphatic heterocycles. The molecule has 0 heterocycles. The number of sulfone groups is 2. The summed E-state index contributed by atoms with van der Waals surface area (Å²) < 4.78 is 61.4. The van der Waals surface area contributed by atoms with E-state index in [1.165, 1.54) is 50.6 Å². The number of hydrogen-bond donors (Lipinski definition) is 0. The van der Waals surface area contributed by atoms with E-state index in [0.29, 0.717) is 17.1 Å². The molecule has 0 radical (unpaired) electrons. The van der Waals surface area contributed by atoms with Crippen molar-refractivity contribution in [2.75, 3.05) is 20.5 Å². The molecule has 0 spiro atoms. The first-order valence-electron chi connectivity index (χ1n) is 8.55. The first-order chi connectivity index (χ1) is 13.7. The van der Waals surface area contributed by atoms with Gasteiger partial charge in [-0.15, -0.1) is 0 Å². The van der Waals surface area contributed by atoms with Gasteiger partial charge in [-0.1, -0.05) is 18.2 Å². The molecule has 0 aliphatic carbocycles. The van der Waals surface area contributed by atoms with Crippen LogP contribution >= 0.6 is 0 Å². The fourth-order valence-electron chi connectivity index (χ4n) is 2.94. The minimum atomic E-state index is -3.88. The number of ether oxygens (including phenoxy) is 2. The highest BCUT2D eigenvalue weighted by molar-refractivity contribution is 7.91. The molecule has 6 nitrogen and oxygen atoms in total. The van der Waals surface area contributed by atoms with Crippen LogP contribution in [0.15, 0.2) is 81.4 Å². The third kappa shape index (κ3) is 4.13. The van der Waals surface area contributed by atoms with Gasteiger partial charge in [0, 0.05) is 17.4 Å². The summed E-state index contributed by atoms with van der Waals surface area (Å²) in [4.78, 5) is 0.206. The highest BCUT2D eigenvalue weighted by atomic mass is 32.2. The molecule has 0 saturated heterocycles. The van der Waals surface area contributed by atoms with E-state index in [0.717, 1.165) is 6.26 Å². The van der Waals surface area contributed by atoms with Gasteiger partial charge < -0.3 is 9.47 Å². The molecule has 0 atom stereocenters. The molecule has 0 fully saturated rings. The summed E-state index contributed by atoms with van der Waals surface area (Å²) in [6, 6.07) is 16.9. The number of benzene rings is 3. The first-order valence-corrected chi connectivity index (χ1v) is 11.9. The van der Waals surface area contributed by atoms with Crippen LogP contribution < -0.4 is 9.47 Å². The van der Waals surface area contributed by atoms with Gasteiger partial charge >= 0.3 is 0 Å². The SMILES string of the molecule is COc1ccc(S(=O)(=O)c2ccccc2)c(-c2cc(S(C)(=O)=O)ccc2OC)c1. The Bertz CT molecular complexity index is 1250. The van der Waals surface area contributed by atoms with Gasteiger partial charge in [0.25, 0.3) is 0 Å². The van der Waals surface area contributed by atoms with E-state index in [9.17, 15) is 16.8 Å². The zero-order valence-electron chi connectivity index (χ0n) is 16.1. The number of hydrogen-bond acceptors (Lipinski definition) is 6. The zero-order valence-corrected chi connectivity index (χ0v) is 17.7. The van der Waals surface area contributed by atoms with Crippen molar-refractivity contribution in [3.05, 3.63) is 66.7 Å². The molecule has 8 heteroatoms. The van der Waals surface area contributed by atoms with Crippen LogP contribution in [0, 0.1) is 0 Å². The van der Waals surface area contributed by atoms with E-state index in [1.54, 1.807) is 30.3 Å². The topological polar surface area (TPSA) is 86.7 Å². The maximum atomic E-state index is 13.3. The largest absolute Gasteiger partial charge is 0.497 e. The Morgan fingerprint density at radius 2 is 1.38 bits per heavy atom. The van der Waals surface area contributed by atoms with Crippen LogP contribution in [0.3, 0.4) is 0 Å². The van der Waals surface area contributed by atoms with Crippen molar-refractivity contribution in [1.82, 2.24) is 0 Å². The fraction of sp³-hybridized carbons (Fsp3) is 0.143. The third-order valence-corrected chi connectivity index (χ3v) is 7.36. The fourth-order valence-corrected chi connectivity index (χ4v) is 5.06. The summed E-state index contributed by atoms with van der Waals surface area (Å²) in [7, 11) is -4.49. The third-order valence-electron chi connectivity index (χ3n) is 4.42. The lowest BCUT2D eigenvalue weighted by molar-refractivity contribution is 0.413. The van der Waals surface area contributed by atoms with Crippen molar-refractivity contribution in [3.63, 3.8) is 0 Å². The van der Waals surface area contributed by atoms with E-state index in [4.69, 9.17) is 9.47 Å². The van der Waals surface area contributed by atoms with Crippen LogP contribution in [0.5, 0.6) is 11.5 Å². The average molecular weight is 433 g/mol. The molecule has 0 amide bonds. The van der Waals surface area contributed by atoms with Gasteiger partial charge in [-0.25, -0.2) is 16.8 Å². The molecule has 3 aromatic rings. The van der Waals surface area contributed by atoms with Crippen molar-refractivity contribution in [1.29, 1.82) is 0 Å². The molecule has 152 valence electrons. The van der Waals surface area contributed by atoms with Gasteiger partial charge in [0.15, 0.2) is 9.84 Å². The van der Waals surface area contributed by atoms with Gasteiger partial charge in [-0.3, -0.25) is 0 Å². The molecule has 0 bridgehead atoms. The Labute approximate surface area is 170 Å². The Balaban J connectivity index is 2.36. The monoisotopic (exact) mass is 432 g/mol. The highest BCUT2D eigenvalue weighted by Crippen LogP contribution is 2.39. The van der Waals surface area contributed by atoms with Gasteiger partial charge in [0.1, 0.15) is 11.5 Å².